The van der Waals surface area contributed by atoms with Gasteiger partial charge in [0.2, 0.25) is 12.3 Å². The van der Waals surface area contributed by atoms with Crippen molar-refractivity contribution in [2.24, 2.45) is 0 Å². The van der Waals surface area contributed by atoms with E-state index in [-0.39, 0.29) is 0 Å². The molecule has 4 nitrogen and oxygen atoms in total. The Bertz CT molecular complexity index is 669. The molecule has 0 saturated heterocycles. The third kappa shape index (κ3) is 3.67. The van der Waals surface area contributed by atoms with Crippen LogP contribution in [0.4, 0.5) is 5.69 Å². The first-order valence-electron chi connectivity index (χ1n) is 7.01. The molecule has 0 saturated carbocycles. The van der Waals surface area contributed by atoms with Gasteiger partial charge in [-0.3, -0.25) is 4.79 Å². The summed E-state index contributed by atoms with van der Waals surface area (Å²) in [6.07, 6.45) is 0.668. The van der Waals surface area contributed by atoms with Crippen LogP contribution in [0, 0.1) is 20.8 Å². The SMILES string of the molecule is CC.COc1nc(C)c(NC=O)c(-c2cc(C)sc2C)c1Br. The molecule has 2 aromatic rings. The van der Waals surface area contributed by atoms with Crippen molar-refractivity contribution in [3.63, 3.8) is 0 Å². The van der Waals surface area contributed by atoms with E-state index in [1.54, 1.807) is 18.4 Å². The molecule has 0 spiro atoms. The van der Waals surface area contributed by atoms with Gasteiger partial charge in [0, 0.05) is 15.3 Å². The van der Waals surface area contributed by atoms with Crippen molar-refractivity contribution in [2.75, 3.05) is 12.4 Å². The largest absolute Gasteiger partial charge is 0.480 e. The minimum Gasteiger partial charge on any atom is -0.480 e. The molecule has 0 fully saturated rings. The number of nitrogens with zero attached hydrogens (tertiary/aromatic N) is 1. The topological polar surface area (TPSA) is 51.2 Å². The van der Waals surface area contributed by atoms with Gasteiger partial charge in [0.1, 0.15) is 0 Å². The van der Waals surface area contributed by atoms with Gasteiger partial charge >= 0.3 is 0 Å². The first-order chi connectivity index (χ1) is 10.5. The molecule has 2 aromatic heterocycles. The highest BCUT2D eigenvalue weighted by Crippen LogP contribution is 2.44. The summed E-state index contributed by atoms with van der Waals surface area (Å²) in [6, 6.07) is 2.11. The van der Waals surface area contributed by atoms with Gasteiger partial charge in [-0.2, -0.15) is 0 Å². The zero-order valence-electron chi connectivity index (χ0n) is 13.7. The van der Waals surface area contributed by atoms with Gasteiger partial charge in [-0.15, -0.1) is 11.3 Å². The van der Waals surface area contributed by atoms with Crippen LogP contribution in [0.5, 0.6) is 5.88 Å². The molecule has 0 aliphatic rings. The number of rotatable bonds is 4. The molecule has 22 heavy (non-hydrogen) atoms. The van der Waals surface area contributed by atoms with Crippen molar-refractivity contribution in [3.05, 3.63) is 26.0 Å². The van der Waals surface area contributed by atoms with E-state index < -0.39 is 0 Å². The van der Waals surface area contributed by atoms with E-state index in [1.807, 2.05) is 20.8 Å². The number of amides is 1. The number of hydrogen-bond acceptors (Lipinski definition) is 4. The van der Waals surface area contributed by atoms with Crippen LogP contribution in [0.1, 0.15) is 29.3 Å². The van der Waals surface area contributed by atoms with E-state index in [0.29, 0.717) is 18.0 Å². The molecule has 2 rings (SSSR count). The maximum absolute atomic E-state index is 10.9. The van der Waals surface area contributed by atoms with Crippen molar-refractivity contribution in [1.29, 1.82) is 0 Å². The number of pyridine rings is 1. The molecule has 120 valence electrons. The van der Waals surface area contributed by atoms with Crippen LogP contribution in [-0.2, 0) is 4.79 Å². The number of hydrogen-bond donors (Lipinski definition) is 1. The van der Waals surface area contributed by atoms with Gasteiger partial charge in [0.25, 0.3) is 0 Å². The minimum absolute atomic E-state index is 0.511. The second kappa shape index (κ2) is 8.29. The smallest absolute Gasteiger partial charge is 0.228 e. The van der Waals surface area contributed by atoms with Crippen LogP contribution in [0.15, 0.2) is 10.5 Å². The Morgan fingerprint density at radius 3 is 2.41 bits per heavy atom. The summed E-state index contributed by atoms with van der Waals surface area (Å²) in [7, 11) is 1.58. The first kappa shape index (κ1) is 18.6. The molecule has 0 unspecified atom stereocenters. The fraction of sp³-hybridized carbons (Fsp3) is 0.375. The van der Waals surface area contributed by atoms with Crippen molar-refractivity contribution < 1.29 is 9.53 Å². The van der Waals surface area contributed by atoms with Gasteiger partial charge < -0.3 is 10.1 Å². The number of thiophene rings is 1. The van der Waals surface area contributed by atoms with Crippen LogP contribution >= 0.6 is 27.3 Å². The highest BCUT2D eigenvalue weighted by Gasteiger charge is 2.20. The average molecular weight is 385 g/mol. The van der Waals surface area contributed by atoms with Crippen LogP contribution in [-0.4, -0.2) is 18.5 Å². The average Bonchev–Trinajstić information content (AvgIpc) is 2.83. The highest BCUT2D eigenvalue weighted by atomic mass is 79.9. The molecule has 1 N–H and O–H groups in total. The van der Waals surface area contributed by atoms with Crippen LogP contribution in [0.2, 0.25) is 0 Å². The molecule has 0 aliphatic heterocycles. The summed E-state index contributed by atoms with van der Waals surface area (Å²) < 4.78 is 6.04. The lowest BCUT2D eigenvalue weighted by Gasteiger charge is -2.15. The Hall–Kier alpha value is -1.40. The zero-order valence-corrected chi connectivity index (χ0v) is 16.1. The molecule has 0 atom stereocenters. The lowest BCUT2D eigenvalue weighted by molar-refractivity contribution is -0.105. The highest BCUT2D eigenvalue weighted by molar-refractivity contribution is 9.10. The summed E-state index contributed by atoms with van der Waals surface area (Å²) in [5.41, 5.74) is 3.40. The summed E-state index contributed by atoms with van der Waals surface area (Å²) in [5, 5.41) is 2.75. The fourth-order valence-corrected chi connectivity index (χ4v) is 3.75. The van der Waals surface area contributed by atoms with E-state index in [2.05, 4.69) is 46.1 Å². The number of carbonyl (C=O) groups is 1. The second-order valence-corrected chi connectivity index (χ2v) is 6.61. The molecule has 2 heterocycles. The molecule has 0 bridgehead atoms. The van der Waals surface area contributed by atoms with Gasteiger partial charge in [0.05, 0.1) is 23.0 Å². The van der Waals surface area contributed by atoms with Crippen LogP contribution < -0.4 is 10.1 Å². The van der Waals surface area contributed by atoms with E-state index in [9.17, 15) is 4.79 Å². The van der Waals surface area contributed by atoms with Crippen LogP contribution in [0.3, 0.4) is 0 Å². The molecular formula is C16H21BrN2O2S. The molecule has 0 radical (unpaired) electrons. The normalized spacial score (nSPS) is 9.77. The predicted molar refractivity (Wildman–Crippen MR) is 97.0 cm³/mol. The van der Waals surface area contributed by atoms with E-state index in [4.69, 9.17) is 4.74 Å². The molecular weight excluding hydrogens is 364 g/mol. The number of carbonyl (C=O) groups excluding carboxylic acids is 1. The van der Waals surface area contributed by atoms with E-state index in [0.717, 1.165) is 21.3 Å². The summed E-state index contributed by atoms with van der Waals surface area (Å²) >= 11 is 5.26. The first-order valence-corrected chi connectivity index (χ1v) is 8.62. The van der Waals surface area contributed by atoms with E-state index >= 15 is 0 Å². The van der Waals surface area contributed by atoms with Crippen molar-refractivity contribution in [3.8, 4) is 17.0 Å². The third-order valence-corrected chi connectivity index (χ3v) is 4.70. The second-order valence-electron chi connectivity index (χ2n) is 4.36. The summed E-state index contributed by atoms with van der Waals surface area (Å²) in [6.45, 7) is 9.97. The quantitative estimate of drug-likeness (QED) is 0.745. The predicted octanol–water partition coefficient (Wildman–Crippen LogP) is 5.10. The standard InChI is InChI=1S/C14H15BrN2O2S.C2H6/c1-7-5-10(9(3)20-7)11-12(15)14(19-4)17-8(2)13(11)16-6-18;1-2/h5-6H,1-4H3,(H,16,18);1-2H3. The fourth-order valence-electron chi connectivity index (χ4n) is 2.16. The van der Waals surface area contributed by atoms with Gasteiger partial charge in [-0.05, 0) is 48.3 Å². The molecule has 6 heteroatoms. The van der Waals surface area contributed by atoms with Crippen molar-refractivity contribution >= 4 is 39.4 Å². The molecule has 0 aromatic carbocycles. The Kier molecular flexibility index (Phi) is 7.03. The maximum Gasteiger partial charge on any atom is 0.228 e. The number of aromatic nitrogens is 1. The lowest BCUT2D eigenvalue weighted by atomic mass is 10.0. The Labute approximate surface area is 144 Å². The maximum atomic E-state index is 10.9. The van der Waals surface area contributed by atoms with Gasteiger partial charge in [0.15, 0.2) is 0 Å². The number of aryl methyl sites for hydroxylation is 3. The van der Waals surface area contributed by atoms with Crippen LogP contribution in [0.25, 0.3) is 11.1 Å². The Morgan fingerprint density at radius 2 is 1.95 bits per heavy atom. The van der Waals surface area contributed by atoms with E-state index in [1.165, 1.54) is 9.75 Å². The number of nitrogens with one attached hydrogen (secondary N) is 1. The lowest BCUT2D eigenvalue weighted by Crippen LogP contribution is -2.04. The minimum atomic E-state index is 0.511. The van der Waals surface area contributed by atoms with Crippen molar-refractivity contribution in [1.82, 2.24) is 4.98 Å². The van der Waals surface area contributed by atoms with Crippen molar-refractivity contribution in [2.45, 2.75) is 34.6 Å². The summed E-state index contributed by atoms with van der Waals surface area (Å²) in [5.74, 6) is 0.511. The Balaban J connectivity index is 0.00000116. The number of ether oxygens (including phenoxy) is 1. The molecule has 0 aliphatic carbocycles. The number of halogens is 1. The monoisotopic (exact) mass is 384 g/mol. The van der Waals surface area contributed by atoms with Gasteiger partial charge in [-0.1, -0.05) is 13.8 Å². The summed E-state index contributed by atoms with van der Waals surface area (Å²) in [4.78, 5) is 17.6. The van der Waals surface area contributed by atoms with Gasteiger partial charge in [-0.25, -0.2) is 4.98 Å². The third-order valence-electron chi connectivity index (χ3n) is 3.00. The number of methoxy groups -OCH3 is 1. The molecule has 1 amide bonds. The Morgan fingerprint density at radius 1 is 1.32 bits per heavy atom. The number of anilines is 1. The zero-order chi connectivity index (χ0) is 16.9.